The molecule has 1 aliphatic rings. The third-order valence-corrected chi connectivity index (χ3v) is 2.86. The van der Waals surface area contributed by atoms with Gasteiger partial charge in [-0.1, -0.05) is 6.92 Å². The predicted octanol–water partition coefficient (Wildman–Crippen LogP) is 1.10. The molecule has 14 heavy (non-hydrogen) atoms. The maximum Gasteiger partial charge on any atom is 0.0594 e. The number of rotatable bonds is 6. The monoisotopic (exact) mass is 200 g/mol. The minimum atomic E-state index is 0.666. The van der Waals surface area contributed by atoms with E-state index in [1.54, 1.807) is 0 Å². The summed E-state index contributed by atoms with van der Waals surface area (Å²) >= 11 is 0. The van der Waals surface area contributed by atoms with Crippen molar-refractivity contribution in [3.8, 4) is 0 Å². The molecule has 1 saturated heterocycles. The van der Waals surface area contributed by atoms with Gasteiger partial charge >= 0.3 is 0 Å². The Kier molecular flexibility index (Phi) is 6.15. The first-order valence-corrected chi connectivity index (χ1v) is 5.86. The van der Waals surface area contributed by atoms with Gasteiger partial charge in [-0.05, 0) is 32.9 Å². The van der Waals surface area contributed by atoms with Crippen LogP contribution in [0.3, 0.4) is 0 Å². The number of ether oxygens (including phenoxy) is 1. The molecule has 0 radical (unpaired) electrons. The summed E-state index contributed by atoms with van der Waals surface area (Å²) in [4.78, 5) is 2.49. The highest BCUT2D eigenvalue weighted by atomic mass is 16.5. The topological polar surface area (TPSA) is 24.5 Å². The second-order valence-corrected chi connectivity index (χ2v) is 4.07. The number of hydrogen-bond acceptors (Lipinski definition) is 3. The van der Waals surface area contributed by atoms with Crippen LogP contribution in [0.2, 0.25) is 0 Å². The molecule has 1 N–H and O–H groups in total. The third-order valence-electron chi connectivity index (χ3n) is 2.86. The summed E-state index contributed by atoms with van der Waals surface area (Å²) < 4.78 is 5.30. The maximum atomic E-state index is 5.30. The highest BCUT2D eigenvalue weighted by molar-refractivity contribution is 4.63. The SMILES string of the molecule is CCC(C)NCCCN1CCOCC1. The summed E-state index contributed by atoms with van der Waals surface area (Å²) in [5, 5.41) is 3.51. The average molecular weight is 200 g/mol. The molecule has 0 aromatic heterocycles. The zero-order chi connectivity index (χ0) is 10.2. The van der Waals surface area contributed by atoms with Crippen molar-refractivity contribution in [3.05, 3.63) is 0 Å². The Morgan fingerprint density at radius 2 is 2.07 bits per heavy atom. The van der Waals surface area contributed by atoms with Crippen LogP contribution >= 0.6 is 0 Å². The molecule has 1 heterocycles. The van der Waals surface area contributed by atoms with Crippen LogP contribution in [-0.4, -0.2) is 50.3 Å². The molecule has 0 amide bonds. The van der Waals surface area contributed by atoms with Crippen LogP contribution in [-0.2, 0) is 4.74 Å². The zero-order valence-electron chi connectivity index (χ0n) is 9.59. The van der Waals surface area contributed by atoms with Crippen LogP contribution in [0.25, 0.3) is 0 Å². The van der Waals surface area contributed by atoms with Crippen molar-refractivity contribution < 1.29 is 4.74 Å². The standard InChI is InChI=1S/C11H24N2O/c1-3-11(2)12-5-4-6-13-7-9-14-10-8-13/h11-12H,3-10H2,1-2H3. The molecule has 0 aliphatic carbocycles. The molecule has 0 spiro atoms. The van der Waals surface area contributed by atoms with E-state index in [1.807, 2.05) is 0 Å². The van der Waals surface area contributed by atoms with E-state index >= 15 is 0 Å². The second-order valence-electron chi connectivity index (χ2n) is 4.07. The lowest BCUT2D eigenvalue weighted by Gasteiger charge is -2.26. The average Bonchev–Trinajstić information content (AvgIpc) is 2.25. The highest BCUT2D eigenvalue weighted by Crippen LogP contribution is 1.97. The van der Waals surface area contributed by atoms with Gasteiger partial charge in [0.2, 0.25) is 0 Å². The highest BCUT2D eigenvalue weighted by Gasteiger charge is 2.08. The molecule has 0 saturated carbocycles. The molecule has 1 fully saturated rings. The fraction of sp³-hybridized carbons (Fsp3) is 1.00. The maximum absolute atomic E-state index is 5.30. The minimum Gasteiger partial charge on any atom is -0.379 e. The normalized spacial score (nSPS) is 21.0. The van der Waals surface area contributed by atoms with Crippen LogP contribution in [0, 0.1) is 0 Å². The number of hydrogen-bond donors (Lipinski definition) is 1. The Bertz CT molecular complexity index is 135. The molecule has 0 aromatic rings. The second kappa shape index (κ2) is 7.21. The van der Waals surface area contributed by atoms with E-state index in [2.05, 4.69) is 24.1 Å². The van der Waals surface area contributed by atoms with Crippen LogP contribution < -0.4 is 5.32 Å². The van der Waals surface area contributed by atoms with Crippen molar-refractivity contribution in [2.45, 2.75) is 32.7 Å². The van der Waals surface area contributed by atoms with Gasteiger partial charge in [-0.25, -0.2) is 0 Å². The summed E-state index contributed by atoms with van der Waals surface area (Å²) in [5.41, 5.74) is 0. The smallest absolute Gasteiger partial charge is 0.0594 e. The summed E-state index contributed by atoms with van der Waals surface area (Å²) in [6, 6.07) is 0.666. The van der Waals surface area contributed by atoms with Gasteiger partial charge in [-0.2, -0.15) is 0 Å². The molecule has 0 bridgehead atoms. The molecule has 3 nitrogen and oxygen atoms in total. The van der Waals surface area contributed by atoms with Gasteiger partial charge in [0.15, 0.2) is 0 Å². The van der Waals surface area contributed by atoms with Crippen molar-refractivity contribution >= 4 is 0 Å². The van der Waals surface area contributed by atoms with Crippen LogP contribution in [0.1, 0.15) is 26.7 Å². The van der Waals surface area contributed by atoms with Crippen molar-refractivity contribution in [1.29, 1.82) is 0 Å². The van der Waals surface area contributed by atoms with Crippen molar-refractivity contribution in [2.75, 3.05) is 39.4 Å². The number of morpholine rings is 1. The fourth-order valence-electron chi connectivity index (χ4n) is 1.62. The van der Waals surface area contributed by atoms with Gasteiger partial charge in [0.05, 0.1) is 13.2 Å². The first kappa shape index (κ1) is 12.0. The Hall–Kier alpha value is -0.120. The number of nitrogens with zero attached hydrogens (tertiary/aromatic N) is 1. The van der Waals surface area contributed by atoms with E-state index in [9.17, 15) is 0 Å². The summed E-state index contributed by atoms with van der Waals surface area (Å²) in [5.74, 6) is 0. The van der Waals surface area contributed by atoms with E-state index in [0.29, 0.717) is 6.04 Å². The van der Waals surface area contributed by atoms with Gasteiger partial charge in [0.25, 0.3) is 0 Å². The lowest BCUT2D eigenvalue weighted by atomic mass is 10.2. The van der Waals surface area contributed by atoms with E-state index in [1.165, 1.54) is 19.4 Å². The quantitative estimate of drug-likeness (QED) is 0.650. The molecule has 1 rings (SSSR count). The third kappa shape index (κ3) is 4.94. The van der Waals surface area contributed by atoms with Gasteiger partial charge in [0, 0.05) is 19.1 Å². The Morgan fingerprint density at radius 1 is 1.36 bits per heavy atom. The molecule has 84 valence electrons. The molecule has 1 unspecified atom stereocenters. The van der Waals surface area contributed by atoms with Crippen molar-refractivity contribution in [3.63, 3.8) is 0 Å². The molecule has 3 heteroatoms. The molecule has 0 aromatic carbocycles. The van der Waals surface area contributed by atoms with Crippen LogP contribution in [0.4, 0.5) is 0 Å². The van der Waals surface area contributed by atoms with Gasteiger partial charge in [-0.3, -0.25) is 4.90 Å². The van der Waals surface area contributed by atoms with E-state index in [0.717, 1.165) is 32.8 Å². The minimum absolute atomic E-state index is 0.666. The zero-order valence-corrected chi connectivity index (χ0v) is 9.59. The van der Waals surface area contributed by atoms with Gasteiger partial charge < -0.3 is 10.1 Å². The van der Waals surface area contributed by atoms with Gasteiger partial charge in [0.1, 0.15) is 0 Å². The predicted molar refractivity (Wildman–Crippen MR) is 59.6 cm³/mol. The van der Waals surface area contributed by atoms with Crippen molar-refractivity contribution in [2.24, 2.45) is 0 Å². The summed E-state index contributed by atoms with van der Waals surface area (Å²) in [6.07, 6.45) is 2.47. The molecule has 1 atom stereocenters. The Morgan fingerprint density at radius 3 is 2.71 bits per heavy atom. The first-order valence-electron chi connectivity index (χ1n) is 5.86. The lowest BCUT2D eigenvalue weighted by molar-refractivity contribution is 0.0374. The number of nitrogens with one attached hydrogen (secondary N) is 1. The Balaban J connectivity index is 1.92. The van der Waals surface area contributed by atoms with Crippen LogP contribution in [0.15, 0.2) is 0 Å². The summed E-state index contributed by atoms with van der Waals surface area (Å²) in [7, 11) is 0. The Labute approximate surface area is 87.8 Å². The van der Waals surface area contributed by atoms with Gasteiger partial charge in [-0.15, -0.1) is 0 Å². The first-order chi connectivity index (χ1) is 6.83. The molecular weight excluding hydrogens is 176 g/mol. The largest absolute Gasteiger partial charge is 0.379 e. The summed E-state index contributed by atoms with van der Waals surface area (Å²) in [6.45, 7) is 10.9. The van der Waals surface area contributed by atoms with E-state index in [4.69, 9.17) is 4.74 Å². The fourth-order valence-corrected chi connectivity index (χ4v) is 1.62. The molecular formula is C11H24N2O. The van der Waals surface area contributed by atoms with E-state index in [-0.39, 0.29) is 0 Å². The van der Waals surface area contributed by atoms with Crippen molar-refractivity contribution in [1.82, 2.24) is 10.2 Å². The molecule has 1 aliphatic heterocycles. The lowest BCUT2D eigenvalue weighted by Crippen LogP contribution is -2.38. The van der Waals surface area contributed by atoms with E-state index < -0.39 is 0 Å². The van der Waals surface area contributed by atoms with Crippen LogP contribution in [0.5, 0.6) is 0 Å².